The third-order valence-corrected chi connectivity index (χ3v) is 5.23. The van der Waals surface area contributed by atoms with Crippen LogP contribution >= 0.6 is 0 Å². The quantitative estimate of drug-likeness (QED) is 0.384. The Labute approximate surface area is 161 Å². The lowest BCUT2D eigenvalue weighted by atomic mass is 9.69. The summed E-state index contributed by atoms with van der Waals surface area (Å²) >= 11 is 0. The average molecular weight is 361 g/mol. The molecule has 0 unspecified atom stereocenters. The van der Waals surface area contributed by atoms with Gasteiger partial charge in [0.2, 0.25) is 0 Å². The van der Waals surface area contributed by atoms with Crippen LogP contribution in [-0.4, -0.2) is 12.6 Å². The molecular weight excluding hydrogens is 320 g/mol. The molecule has 148 valence electrons. The van der Waals surface area contributed by atoms with Crippen LogP contribution in [0.25, 0.3) is 0 Å². The lowest BCUT2D eigenvalue weighted by Crippen LogP contribution is -2.31. The molecule has 0 amide bonds. The van der Waals surface area contributed by atoms with Crippen molar-refractivity contribution in [3.8, 4) is 0 Å². The SMILES string of the molecule is CC(C)CCOC(=O)CC(CCC(C)C)(CCC(C)C)c1ccccc1. The fourth-order valence-corrected chi connectivity index (χ4v) is 3.35. The molecule has 0 aliphatic rings. The second-order valence-corrected chi connectivity index (χ2v) is 9.09. The van der Waals surface area contributed by atoms with E-state index in [1.165, 1.54) is 5.56 Å². The summed E-state index contributed by atoms with van der Waals surface area (Å²) < 4.78 is 5.60. The highest BCUT2D eigenvalue weighted by molar-refractivity contribution is 5.71. The van der Waals surface area contributed by atoms with Crippen molar-refractivity contribution in [1.29, 1.82) is 0 Å². The van der Waals surface area contributed by atoms with Crippen LogP contribution in [0.3, 0.4) is 0 Å². The molecule has 1 aromatic carbocycles. The van der Waals surface area contributed by atoms with Gasteiger partial charge < -0.3 is 4.74 Å². The number of hydrogen-bond donors (Lipinski definition) is 0. The summed E-state index contributed by atoms with van der Waals surface area (Å²) in [5.74, 6) is 1.79. The maximum Gasteiger partial charge on any atom is 0.306 e. The second-order valence-electron chi connectivity index (χ2n) is 9.09. The highest BCUT2D eigenvalue weighted by Crippen LogP contribution is 2.40. The largest absolute Gasteiger partial charge is 0.466 e. The van der Waals surface area contributed by atoms with E-state index in [-0.39, 0.29) is 11.4 Å². The van der Waals surface area contributed by atoms with Crippen molar-refractivity contribution in [3.05, 3.63) is 35.9 Å². The molecule has 26 heavy (non-hydrogen) atoms. The zero-order valence-electron chi connectivity index (χ0n) is 17.9. The van der Waals surface area contributed by atoms with Crippen LogP contribution in [0.15, 0.2) is 30.3 Å². The number of carbonyl (C=O) groups excluding carboxylic acids is 1. The van der Waals surface area contributed by atoms with Crippen molar-refractivity contribution >= 4 is 5.97 Å². The van der Waals surface area contributed by atoms with E-state index in [0.29, 0.717) is 30.8 Å². The standard InChI is InChI=1S/C24H40O2/c1-19(2)12-15-24(16-13-20(3)4,22-10-8-7-9-11-22)18-23(25)26-17-14-21(5)6/h7-11,19-21H,12-18H2,1-6H3. The molecule has 2 heteroatoms. The molecular formula is C24H40O2. The molecule has 0 saturated heterocycles. The van der Waals surface area contributed by atoms with Crippen LogP contribution in [0, 0.1) is 17.8 Å². The van der Waals surface area contributed by atoms with Gasteiger partial charge in [-0.1, -0.05) is 84.7 Å². The number of rotatable bonds is 12. The Bertz CT molecular complexity index is 490. The van der Waals surface area contributed by atoms with E-state index in [4.69, 9.17) is 4.74 Å². The summed E-state index contributed by atoms with van der Waals surface area (Å²) in [4.78, 5) is 12.7. The first-order chi connectivity index (χ1) is 12.2. The number of carbonyl (C=O) groups is 1. The van der Waals surface area contributed by atoms with Gasteiger partial charge >= 0.3 is 5.97 Å². The fraction of sp³-hybridized carbons (Fsp3) is 0.708. The third kappa shape index (κ3) is 8.38. The first kappa shape index (κ1) is 22.7. The predicted octanol–water partition coefficient (Wildman–Crippen LogP) is 6.78. The highest BCUT2D eigenvalue weighted by atomic mass is 16.5. The topological polar surface area (TPSA) is 26.3 Å². The minimum absolute atomic E-state index is 0.0398. The van der Waals surface area contributed by atoms with Crippen molar-refractivity contribution < 1.29 is 9.53 Å². The molecule has 0 heterocycles. The molecule has 1 rings (SSSR count). The first-order valence-electron chi connectivity index (χ1n) is 10.5. The molecule has 0 atom stereocenters. The van der Waals surface area contributed by atoms with E-state index in [9.17, 15) is 4.79 Å². The van der Waals surface area contributed by atoms with Crippen LogP contribution in [0.5, 0.6) is 0 Å². The average Bonchev–Trinajstić information content (AvgIpc) is 2.57. The van der Waals surface area contributed by atoms with Crippen molar-refractivity contribution in [2.45, 2.75) is 85.5 Å². The maximum absolute atomic E-state index is 12.7. The van der Waals surface area contributed by atoms with Gasteiger partial charge in [-0.25, -0.2) is 0 Å². The Hall–Kier alpha value is -1.31. The number of hydrogen-bond acceptors (Lipinski definition) is 2. The van der Waals surface area contributed by atoms with Crippen molar-refractivity contribution in [1.82, 2.24) is 0 Å². The number of esters is 1. The van der Waals surface area contributed by atoms with Crippen LogP contribution in [0.2, 0.25) is 0 Å². The molecule has 0 saturated carbocycles. The smallest absolute Gasteiger partial charge is 0.306 e. The molecule has 0 radical (unpaired) electrons. The summed E-state index contributed by atoms with van der Waals surface area (Å²) in [6.07, 6.45) is 5.77. The summed E-state index contributed by atoms with van der Waals surface area (Å²) in [6.45, 7) is 13.9. The summed E-state index contributed by atoms with van der Waals surface area (Å²) in [6, 6.07) is 10.6. The predicted molar refractivity (Wildman–Crippen MR) is 111 cm³/mol. The van der Waals surface area contributed by atoms with E-state index in [1.807, 2.05) is 0 Å². The lowest BCUT2D eigenvalue weighted by molar-refractivity contribution is -0.145. The van der Waals surface area contributed by atoms with Gasteiger partial charge in [0.05, 0.1) is 13.0 Å². The molecule has 1 aromatic rings. The molecule has 0 aliphatic heterocycles. The normalized spacial score (nSPS) is 12.2. The van der Waals surface area contributed by atoms with E-state index < -0.39 is 0 Å². The minimum Gasteiger partial charge on any atom is -0.466 e. The molecule has 0 N–H and O–H groups in total. The van der Waals surface area contributed by atoms with Gasteiger partial charge in [0.15, 0.2) is 0 Å². The molecule has 0 aromatic heterocycles. The van der Waals surface area contributed by atoms with Crippen LogP contribution in [-0.2, 0) is 14.9 Å². The minimum atomic E-state index is -0.106. The Balaban J connectivity index is 3.00. The van der Waals surface area contributed by atoms with Crippen LogP contribution in [0.1, 0.15) is 85.6 Å². The molecule has 0 bridgehead atoms. The molecule has 0 fully saturated rings. The van der Waals surface area contributed by atoms with Gasteiger partial charge in [-0.3, -0.25) is 4.79 Å². The number of ether oxygens (including phenoxy) is 1. The van der Waals surface area contributed by atoms with Gasteiger partial charge in [0, 0.05) is 5.41 Å². The first-order valence-corrected chi connectivity index (χ1v) is 10.5. The van der Waals surface area contributed by atoms with Gasteiger partial charge in [-0.2, -0.15) is 0 Å². The monoisotopic (exact) mass is 360 g/mol. The maximum atomic E-state index is 12.7. The van der Waals surface area contributed by atoms with Crippen molar-refractivity contribution in [2.75, 3.05) is 6.61 Å². The van der Waals surface area contributed by atoms with Gasteiger partial charge in [-0.15, -0.1) is 0 Å². The zero-order valence-corrected chi connectivity index (χ0v) is 17.9. The third-order valence-electron chi connectivity index (χ3n) is 5.23. The number of benzene rings is 1. The van der Waals surface area contributed by atoms with Crippen molar-refractivity contribution in [2.24, 2.45) is 17.8 Å². The van der Waals surface area contributed by atoms with E-state index >= 15 is 0 Å². The van der Waals surface area contributed by atoms with E-state index in [1.54, 1.807) is 0 Å². The van der Waals surface area contributed by atoms with Crippen LogP contribution in [0.4, 0.5) is 0 Å². The summed E-state index contributed by atoms with van der Waals surface area (Å²) in [5.41, 5.74) is 1.19. The molecule has 2 nitrogen and oxygen atoms in total. The van der Waals surface area contributed by atoms with E-state index in [0.717, 1.165) is 32.1 Å². The zero-order chi connectivity index (χ0) is 19.6. The Kier molecular flexibility index (Phi) is 9.98. The molecule has 0 aliphatic carbocycles. The Morgan fingerprint density at radius 3 is 1.81 bits per heavy atom. The highest BCUT2D eigenvalue weighted by Gasteiger charge is 2.35. The summed E-state index contributed by atoms with van der Waals surface area (Å²) in [7, 11) is 0. The van der Waals surface area contributed by atoms with Crippen molar-refractivity contribution in [3.63, 3.8) is 0 Å². The summed E-state index contributed by atoms with van der Waals surface area (Å²) in [5, 5.41) is 0. The van der Waals surface area contributed by atoms with E-state index in [2.05, 4.69) is 71.9 Å². The van der Waals surface area contributed by atoms with Gasteiger partial charge in [0.1, 0.15) is 0 Å². The fourth-order valence-electron chi connectivity index (χ4n) is 3.35. The Morgan fingerprint density at radius 1 is 0.846 bits per heavy atom. The Morgan fingerprint density at radius 2 is 1.35 bits per heavy atom. The lowest BCUT2D eigenvalue weighted by Gasteiger charge is -2.35. The molecule has 0 spiro atoms. The van der Waals surface area contributed by atoms with Gasteiger partial charge in [-0.05, 0) is 42.6 Å². The van der Waals surface area contributed by atoms with Gasteiger partial charge in [0.25, 0.3) is 0 Å². The second kappa shape index (κ2) is 11.4. The van der Waals surface area contributed by atoms with Crippen LogP contribution < -0.4 is 0 Å².